The van der Waals surface area contributed by atoms with Crippen molar-refractivity contribution in [2.75, 3.05) is 6.61 Å². The minimum Gasteiger partial charge on any atom is -0.393 e. The lowest BCUT2D eigenvalue weighted by Gasteiger charge is -2.20. The Balaban J connectivity index is 2.53. The summed E-state index contributed by atoms with van der Waals surface area (Å²) in [5.41, 5.74) is 0.248. The van der Waals surface area contributed by atoms with Crippen LogP contribution in [0.4, 0.5) is 0 Å². The van der Waals surface area contributed by atoms with Gasteiger partial charge in [-0.15, -0.1) is 0 Å². The van der Waals surface area contributed by atoms with Crippen molar-refractivity contribution in [1.82, 2.24) is 5.32 Å². The van der Waals surface area contributed by atoms with Gasteiger partial charge in [0.05, 0.1) is 12.7 Å². The average Bonchev–Trinajstić information content (AvgIpc) is 2.27. The number of hydrogen-bond donors (Lipinski definition) is 2. The fraction of sp³-hybridized carbons (Fsp3) is 0.364. The van der Waals surface area contributed by atoms with Gasteiger partial charge in [0.2, 0.25) is 0 Å². The van der Waals surface area contributed by atoms with Gasteiger partial charge in [-0.1, -0.05) is 30.3 Å². The molecule has 0 saturated carbocycles. The van der Waals surface area contributed by atoms with Crippen LogP contribution in [0.1, 0.15) is 12.5 Å². The fourth-order valence-electron chi connectivity index (χ4n) is 1.02. The van der Waals surface area contributed by atoms with Crippen molar-refractivity contribution < 1.29 is 5.11 Å². The lowest BCUT2D eigenvalue weighted by molar-refractivity contribution is 0.212. The van der Waals surface area contributed by atoms with Crippen LogP contribution in [0, 0.1) is 11.3 Å². The molecule has 0 saturated heterocycles. The lowest BCUT2D eigenvalue weighted by Crippen LogP contribution is -2.43. The maximum Gasteiger partial charge on any atom is 0.127 e. The molecule has 2 N–H and O–H groups in total. The van der Waals surface area contributed by atoms with Crippen molar-refractivity contribution >= 4 is 0 Å². The van der Waals surface area contributed by atoms with E-state index in [1.807, 2.05) is 36.4 Å². The topological polar surface area (TPSA) is 56.0 Å². The first kappa shape index (κ1) is 10.7. The first-order valence-electron chi connectivity index (χ1n) is 4.51. The highest BCUT2D eigenvalue weighted by atomic mass is 16.3. The zero-order valence-electron chi connectivity index (χ0n) is 8.20. The van der Waals surface area contributed by atoms with Gasteiger partial charge >= 0.3 is 0 Å². The van der Waals surface area contributed by atoms with Crippen molar-refractivity contribution in [3.63, 3.8) is 0 Å². The first-order chi connectivity index (χ1) is 6.70. The zero-order valence-corrected chi connectivity index (χ0v) is 8.20. The number of nitrogens with one attached hydrogen (secondary N) is 1. The summed E-state index contributed by atoms with van der Waals surface area (Å²) in [6.07, 6.45) is 0. The number of aliphatic hydroxyl groups excluding tert-OH is 1. The SMILES string of the molecule is CC(C#N)(CO)NCc1ccccc1. The summed E-state index contributed by atoms with van der Waals surface area (Å²) < 4.78 is 0. The van der Waals surface area contributed by atoms with E-state index in [2.05, 4.69) is 5.32 Å². The number of aliphatic hydroxyl groups is 1. The van der Waals surface area contributed by atoms with Crippen molar-refractivity contribution in [1.29, 1.82) is 5.26 Å². The van der Waals surface area contributed by atoms with Gasteiger partial charge in [-0.3, -0.25) is 5.32 Å². The molecule has 3 nitrogen and oxygen atoms in total. The monoisotopic (exact) mass is 190 g/mol. The molecule has 1 aromatic rings. The molecular weight excluding hydrogens is 176 g/mol. The van der Waals surface area contributed by atoms with Crippen LogP contribution in [-0.2, 0) is 6.54 Å². The molecule has 0 heterocycles. The molecule has 3 heteroatoms. The molecule has 0 fully saturated rings. The summed E-state index contributed by atoms with van der Waals surface area (Å²) in [4.78, 5) is 0. The van der Waals surface area contributed by atoms with Crippen molar-refractivity contribution in [3.05, 3.63) is 35.9 Å². The molecule has 0 aliphatic rings. The van der Waals surface area contributed by atoms with E-state index in [4.69, 9.17) is 10.4 Å². The lowest BCUT2D eigenvalue weighted by atomic mass is 10.1. The average molecular weight is 190 g/mol. The molecule has 14 heavy (non-hydrogen) atoms. The van der Waals surface area contributed by atoms with Gasteiger partial charge in [-0.05, 0) is 12.5 Å². The molecule has 1 unspecified atom stereocenters. The van der Waals surface area contributed by atoms with E-state index in [1.54, 1.807) is 6.92 Å². The van der Waals surface area contributed by atoms with E-state index in [9.17, 15) is 0 Å². The van der Waals surface area contributed by atoms with E-state index in [0.717, 1.165) is 5.56 Å². The minimum absolute atomic E-state index is 0.184. The van der Waals surface area contributed by atoms with Crippen molar-refractivity contribution in [2.24, 2.45) is 0 Å². The van der Waals surface area contributed by atoms with Crippen LogP contribution in [0.5, 0.6) is 0 Å². The molecule has 0 aliphatic heterocycles. The normalized spacial score (nSPS) is 14.4. The number of benzene rings is 1. The van der Waals surface area contributed by atoms with Crippen LogP contribution in [0.15, 0.2) is 30.3 Å². The number of nitriles is 1. The van der Waals surface area contributed by atoms with E-state index in [0.29, 0.717) is 6.54 Å². The summed E-state index contributed by atoms with van der Waals surface area (Å²) in [5, 5.41) is 20.8. The minimum atomic E-state index is -0.851. The van der Waals surface area contributed by atoms with Crippen LogP contribution in [-0.4, -0.2) is 17.3 Å². The Morgan fingerprint density at radius 1 is 1.43 bits per heavy atom. The predicted octanol–water partition coefficient (Wildman–Crippen LogP) is 1.05. The number of nitrogens with zero attached hydrogens (tertiary/aromatic N) is 1. The van der Waals surface area contributed by atoms with Crippen molar-refractivity contribution in [3.8, 4) is 6.07 Å². The van der Waals surface area contributed by atoms with E-state index in [1.165, 1.54) is 0 Å². The van der Waals surface area contributed by atoms with E-state index >= 15 is 0 Å². The third-order valence-electron chi connectivity index (χ3n) is 2.09. The molecule has 0 bridgehead atoms. The summed E-state index contributed by atoms with van der Waals surface area (Å²) in [6, 6.07) is 11.8. The van der Waals surface area contributed by atoms with Gasteiger partial charge in [0.1, 0.15) is 5.54 Å². The maximum atomic E-state index is 8.98. The first-order valence-corrected chi connectivity index (χ1v) is 4.51. The quantitative estimate of drug-likeness (QED) is 0.746. The Kier molecular flexibility index (Phi) is 3.63. The maximum absolute atomic E-state index is 8.98. The molecule has 1 rings (SSSR count). The molecule has 74 valence electrons. The Morgan fingerprint density at radius 3 is 2.57 bits per heavy atom. The van der Waals surface area contributed by atoms with Crippen LogP contribution in [0.3, 0.4) is 0 Å². The molecule has 1 atom stereocenters. The third-order valence-corrected chi connectivity index (χ3v) is 2.09. The van der Waals surface area contributed by atoms with Crippen LogP contribution < -0.4 is 5.32 Å². The molecule has 1 aromatic carbocycles. The number of rotatable bonds is 4. The van der Waals surface area contributed by atoms with Gasteiger partial charge < -0.3 is 5.11 Å². The molecule has 0 amide bonds. The predicted molar refractivity (Wildman–Crippen MR) is 54.4 cm³/mol. The van der Waals surface area contributed by atoms with Crippen molar-refractivity contribution in [2.45, 2.75) is 19.0 Å². The highest BCUT2D eigenvalue weighted by molar-refractivity contribution is 5.15. The standard InChI is InChI=1S/C11H14N2O/c1-11(8-12,9-14)13-7-10-5-3-2-4-6-10/h2-6,13-14H,7,9H2,1H3. The second-order valence-corrected chi connectivity index (χ2v) is 3.44. The Bertz CT molecular complexity index is 318. The molecule has 0 aliphatic carbocycles. The third kappa shape index (κ3) is 2.84. The van der Waals surface area contributed by atoms with Gasteiger partial charge in [0.25, 0.3) is 0 Å². The Hall–Kier alpha value is -1.37. The van der Waals surface area contributed by atoms with Gasteiger partial charge in [-0.2, -0.15) is 5.26 Å². The Labute approximate surface area is 84.0 Å². The highest BCUT2D eigenvalue weighted by Crippen LogP contribution is 2.04. The van der Waals surface area contributed by atoms with Gasteiger partial charge in [0, 0.05) is 6.54 Å². The molecule has 0 radical (unpaired) electrons. The largest absolute Gasteiger partial charge is 0.393 e. The number of hydrogen-bond acceptors (Lipinski definition) is 3. The zero-order chi connectivity index (χ0) is 10.4. The van der Waals surface area contributed by atoms with Crippen LogP contribution >= 0.6 is 0 Å². The summed E-state index contributed by atoms with van der Waals surface area (Å²) >= 11 is 0. The summed E-state index contributed by atoms with van der Waals surface area (Å²) in [6.45, 7) is 2.08. The molecule has 0 aromatic heterocycles. The van der Waals surface area contributed by atoms with Crippen LogP contribution in [0.25, 0.3) is 0 Å². The van der Waals surface area contributed by atoms with E-state index < -0.39 is 5.54 Å². The summed E-state index contributed by atoms with van der Waals surface area (Å²) in [7, 11) is 0. The van der Waals surface area contributed by atoms with Gasteiger partial charge in [0.15, 0.2) is 0 Å². The van der Waals surface area contributed by atoms with Gasteiger partial charge in [-0.25, -0.2) is 0 Å². The second-order valence-electron chi connectivity index (χ2n) is 3.44. The second kappa shape index (κ2) is 4.75. The molecule has 0 spiro atoms. The fourth-order valence-corrected chi connectivity index (χ4v) is 1.02. The highest BCUT2D eigenvalue weighted by Gasteiger charge is 2.21. The smallest absolute Gasteiger partial charge is 0.127 e. The Morgan fingerprint density at radius 2 is 2.07 bits per heavy atom. The van der Waals surface area contributed by atoms with E-state index in [-0.39, 0.29) is 6.61 Å². The van der Waals surface area contributed by atoms with Crippen LogP contribution in [0.2, 0.25) is 0 Å². The summed E-state index contributed by atoms with van der Waals surface area (Å²) in [5.74, 6) is 0. The molecular formula is C11H14N2O.